The molecule has 3 nitrogen and oxygen atoms in total. The Kier molecular flexibility index (Phi) is 4.22. The summed E-state index contributed by atoms with van der Waals surface area (Å²) in [5.41, 5.74) is 0. The molecule has 1 aliphatic carbocycles. The lowest BCUT2D eigenvalue weighted by Crippen LogP contribution is -2.26. The smallest absolute Gasteiger partial charge is 0.0568 e. The first-order valence-electron chi connectivity index (χ1n) is 5.08. The topological polar surface area (TPSA) is 60.4 Å². The number of carbonyl (C=O) groups excluding carboxylic acids is 1. The number of aliphatic hydroxyl groups excluding tert-OH is 1. The SMILES string of the molecule is O=C([O-])CCCC1CCCCC1O. The van der Waals surface area contributed by atoms with E-state index in [0.717, 1.165) is 25.7 Å². The molecule has 1 aliphatic rings. The highest BCUT2D eigenvalue weighted by molar-refractivity contribution is 5.64. The normalized spacial score (nSPS) is 28.7. The lowest BCUT2D eigenvalue weighted by Gasteiger charge is -2.27. The minimum absolute atomic E-state index is 0.128. The Balaban J connectivity index is 2.15. The van der Waals surface area contributed by atoms with Crippen molar-refractivity contribution in [3.05, 3.63) is 0 Å². The molecule has 0 aromatic carbocycles. The Bertz CT molecular complexity index is 168. The molecule has 0 heterocycles. The molecule has 0 spiro atoms. The zero-order chi connectivity index (χ0) is 9.68. The van der Waals surface area contributed by atoms with Crippen LogP contribution in [0.25, 0.3) is 0 Å². The van der Waals surface area contributed by atoms with E-state index >= 15 is 0 Å². The van der Waals surface area contributed by atoms with E-state index < -0.39 is 5.97 Å². The molecular weight excluding hydrogens is 168 g/mol. The van der Waals surface area contributed by atoms with Gasteiger partial charge in [-0.2, -0.15) is 0 Å². The predicted octanol–water partition coefficient (Wildman–Crippen LogP) is 0.458. The number of carboxylic acid groups (broad SMARTS) is 1. The highest BCUT2D eigenvalue weighted by Crippen LogP contribution is 2.28. The predicted molar refractivity (Wildman–Crippen MR) is 46.8 cm³/mol. The zero-order valence-corrected chi connectivity index (χ0v) is 7.87. The minimum atomic E-state index is -0.981. The highest BCUT2D eigenvalue weighted by Gasteiger charge is 2.21. The number of carbonyl (C=O) groups is 1. The van der Waals surface area contributed by atoms with Crippen LogP contribution in [-0.2, 0) is 4.79 Å². The van der Waals surface area contributed by atoms with Gasteiger partial charge in [0.15, 0.2) is 0 Å². The summed E-state index contributed by atoms with van der Waals surface area (Å²) in [5.74, 6) is -0.654. The van der Waals surface area contributed by atoms with E-state index in [4.69, 9.17) is 0 Å². The fourth-order valence-electron chi connectivity index (χ4n) is 2.03. The largest absolute Gasteiger partial charge is 0.550 e. The van der Waals surface area contributed by atoms with Gasteiger partial charge in [-0.25, -0.2) is 0 Å². The molecule has 3 heteroatoms. The van der Waals surface area contributed by atoms with Gasteiger partial charge in [0.05, 0.1) is 6.10 Å². The van der Waals surface area contributed by atoms with Gasteiger partial charge in [0.2, 0.25) is 0 Å². The van der Waals surface area contributed by atoms with Gasteiger partial charge >= 0.3 is 0 Å². The second-order valence-electron chi connectivity index (χ2n) is 3.88. The molecule has 2 unspecified atom stereocenters. The second-order valence-corrected chi connectivity index (χ2v) is 3.88. The Hall–Kier alpha value is -0.570. The first kappa shape index (κ1) is 10.5. The van der Waals surface area contributed by atoms with Crippen molar-refractivity contribution < 1.29 is 15.0 Å². The van der Waals surface area contributed by atoms with Crippen molar-refractivity contribution in [2.24, 2.45) is 5.92 Å². The van der Waals surface area contributed by atoms with Crippen LogP contribution in [-0.4, -0.2) is 17.2 Å². The summed E-state index contributed by atoms with van der Waals surface area (Å²) >= 11 is 0. The van der Waals surface area contributed by atoms with E-state index in [9.17, 15) is 15.0 Å². The highest BCUT2D eigenvalue weighted by atomic mass is 16.4. The van der Waals surface area contributed by atoms with Crippen LogP contribution in [0.4, 0.5) is 0 Å². The Morgan fingerprint density at radius 2 is 2.08 bits per heavy atom. The van der Waals surface area contributed by atoms with Crippen LogP contribution < -0.4 is 5.11 Å². The lowest BCUT2D eigenvalue weighted by molar-refractivity contribution is -0.305. The molecule has 76 valence electrons. The van der Waals surface area contributed by atoms with Crippen LogP contribution in [0, 0.1) is 5.92 Å². The summed E-state index contributed by atoms with van der Waals surface area (Å²) in [6.07, 6.45) is 5.62. The summed E-state index contributed by atoms with van der Waals surface area (Å²) in [7, 11) is 0. The average Bonchev–Trinajstić information content (AvgIpc) is 2.08. The van der Waals surface area contributed by atoms with Crippen LogP contribution in [0.1, 0.15) is 44.9 Å². The summed E-state index contributed by atoms with van der Waals surface area (Å²) in [4.78, 5) is 10.1. The maximum Gasteiger partial charge on any atom is 0.0568 e. The van der Waals surface area contributed by atoms with Crippen LogP contribution in [0.3, 0.4) is 0 Å². The third kappa shape index (κ3) is 3.77. The van der Waals surface area contributed by atoms with E-state index in [1.54, 1.807) is 0 Å². The standard InChI is InChI=1S/C10H18O3/c11-9-6-2-1-4-8(9)5-3-7-10(12)13/h8-9,11H,1-7H2,(H,12,13)/p-1. The average molecular weight is 185 g/mol. The summed E-state index contributed by atoms with van der Waals surface area (Å²) in [6.45, 7) is 0. The molecular formula is C10H17O3-. The maximum atomic E-state index is 10.1. The number of rotatable bonds is 4. The van der Waals surface area contributed by atoms with E-state index in [1.807, 2.05) is 0 Å². The fraction of sp³-hybridized carbons (Fsp3) is 0.900. The molecule has 1 fully saturated rings. The molecule has 0 bridgehead atoms. The molecule has 1 saturated carbocycles. The van der Waals surface area contributed by atoms with Gasteiger partial charge in [-0.15, -0.1) is 0 Å². The number of hydrogen-bond donors (Lipinski definition) is 1. The minimum Gasteiger partial charge on any atom is -0.550 e. The van der Waals surface area contributed by atoms with Crippen molar-refractivity contribution in [3.8, 4) is 0 Å². The van der Waals surface area contributed by atoms with E-state index in [-0.39, 0.29) is 12.5 Å². The Morgan fingerprint density at radius 3 is 2.69 bits per heavy atom. The van der Waals surface area contributed by atoms with Gasteiger partial charge in [0.1, 0.15) is 0 Å². The lowest BCUT2D eigenvalue weighted by atomic mass is 9.83. The van der Waals surface area contributed by atoms with Crippen molar-refractivity contribution >= 4 is 5.97 Å². The number of hydrogen-bond acceptors (Lipinski definition) is 3. The molecule has 0 amide bonds. The third-order valence-corrected chi connectivity index (χ3v) is 2.82. The number of aliphatic hydroxyl groups is 1. The number of carboxylic acids is 1. The van der Waals surface area contributed by atoms with Crippen molar-refractivity contribution in [2.75, 3.05) is 0 Å². The van der Waals surface area contributed by atoms with Crippen molar-refractivity contribution in [3.63, 3.8) is 0 Å². The van der Waals surface area contributed by atoms with Crippen molar-refractivity contribution in [1.29, 1.82) is 0 Å². The van der Waals surface area contributed by atoms with Crippen LogP contribution in [0.2, 0.25) is 0 Å². The van der Waals surface area contributed by atoms with Gasteiger partial charge in [0.25, 0.3) is 0 Å². The Morgan fingerprint density at radius 1 is 1.38 bits per heavy atom. The maximum absolute atomic E-state index is 10.1. The molecule has 1 rings (SSSR count). The van der Waals surface area contributed by atoms with Gasteiger partial charge in [-0.3, -0.25) is 0 Å². The first-order chi connectivity index (χ1) is 6.20. The second kappa shape index (κ2) is 5.22. The van der Waals surface area contributed by atoms with Crippen LogP contribution >= 0.6 is 0 Å². The molecule has 2 atom stereocenters. The van der Waals surface area contributed by atoms with Gasteiger partial charge in [-0.05, 0) is 38.0 Å². The third-order valence-electron chi connectivity index (χ3n) is 2.82. The monoisotopic (exact) mass is 185 g/mol. The van der Waals surface area contributed by atoms with Crippen molar-refractivity contribution in [2.45, 2.75) is 51.0 Å². The summed E-state index contributed by atoms with van der Waals surface area (Å²) < 4.78 is 0. The Labute approximate surface area is 78.8 Å². The van der Waals surface area contributed by atoms with Crippen LogP contribution in [0.5, 0.6) is 0 Å². The van der Waals surface area contributed by atoms with Gasteiger partial charge in [0, 0.05) is 5.97 Å². The van der Waals surface area contributed by atoms with Crippen molar-refractivity contribution in [1.82, 2.24) is 0 Å². The fourth-order valence-corrected chi connectivity index (χ4v) is 2.03. The molecule has 0 aromatic heterocycles. The zero-order valence-electron chi connectivity index (χ0n) is 7.87. The molecule has 0 aromatic rings. The van der Waals surface area contributed by atoms with Crippen LogP contribution in [0.15, 0.2) is 0 Å². The molecule has 1 N–H and O–H groups in total. The quantitative estimate of drug-likeness (QED) is 0.692. The summed E-state index contributed by atoms with van der Waals surface area (Å²) in [5, 5.41) is 19.7. The first-order valence-corrected chi connectivity index (χ1v) is 5.08. The van der Waals surface area contributed by atoms with E-state index in [2.05, 4.69) is 0 Å². The van der Waals surface area contributed by atoms with Gasteiger partial charge in [-0.1, -0.05) is 12.8 Å². The molecule has 0 saturated heterocycles. The number of aliphatic carboxylic acids is 1. The van der Waals surface area contributed by atoms with E-state index in [1.165, 1.54) is 6.42 Å². The van der Waals surface area contributed by atoms with E-state index in [0.29, 0.717) is 12.3 Å². The molecule has 0 aliphatic heterocycles. The summed E-state index contributed by atoms with van der Waals surface area (Å²) in [6, 6.07) is 0. The molecule has 13 heavy (non-hydrogen) atoms. The van der Waals surface area contributed by atoms with Gasteiger partial charge < -0.3 is 15.0 Å². The molecule has 0 radical (unpaired) electrons.